The van der Waals surface area contributed by atoms with Crippen LogP contribution in [-0.4, -0.2) is 28.3 Å². The third-order valence-electron chi connectivity index (χ3n) is 5.01. The zero-order valence-electron chi connectivity index (χ0n) is 17.9. The summed E-state index contributed by atoms with van der Waals surface area (Å²) in [4.78, 5) is 38.7. The molecular formula is C24H20FN3O4S. The molecule has 0 saturated carbocycles. The molecule has 33 heavy (non-hydrogen) atoms. The molecule has 2 heterocycles. The number of hydrogen-bond acceptors (Lipinski definition) is 6. The minimum atomic E-state index is -0.791. The van der Waals surface area contributed by atoms with Crippen LogP contribution in [0.15, 0.2) is 58.7 Å². The van der Waals surface area contributed by atoms with E-state index in [9.17, 15) is 18.8 Å². The topological polar surface area (TPSA) is 90.3 Å². The average molecular weight is 466 g/mol. The van der Waals surface area contributed by atoms with Gasteiger partial charge in [-0.25, -0.2) is 9.18 Å². The van der Waals surface area contributed by atoms with E-state index >= 15 is 0 Å². The Balaban J connectivity index is 1.79. The highest BCUT2D eigenvalue weighted by Gasteiger charge is 2.25. The number of anilines is 1. The second-order valence-corrected chi connectivity index (χ2v) is 7.93. The van der Waals surface area contributed by atoms with Crippen molar-refractivity contribution in [3.63, 3.8) is 0 Å². The molecular weight excluding hydrogens is 445 g/mol. The number of thiophene rings is 1. The molecule has 7 nitrogen and oxygen atoms in total. The van der Waals surface area contributed by atoms with Crippen molar-refractivity contribution in [2.45, 2.75) is 20.4 Å². The molecule has 9 heteroatoms. The minimum absolute atomic E-state index is 0.0544. The van der Waals surface area contributed by atoms with Gasteiger partial charge in [0.25, 0.3) is 5.91 Å². The second-order valence-electron chi connectivity index (χ2n) is 7.05. The molecule has 1 N–H and O–H groups in total. The predicted molar refractivity (Wildman–Crippen MR) is 125 cm³/mol. The molecule has 168 valence electrons. The van der Waals surface area contributed by atoms with Gasteiger partial charge in [0.15, 0.2) is 5.69 Å². The number of amides is 1. The van der Waals surface area contributed by atoms with Crippen LogP contribution in [0.5, 0.6) is 0 Å². The summed E-state index contributed by atoms with van der Waals surface area (Å²) >= 11 is 1.14. The fraction of sp³-hybridized carbons (Fsp3) is 0.167. The summed E-state index contributed by atoms with van der Waals surface area (Å²) in [6.45, 7) is 4.02. The number of ether oxygens (including phenoxy) is 1. The van der Waals surface area contributed by atoms with Crippen molar-refractivity contribution in [2.24, 2.45) is 0 Å². The summed E-state index contributed by atoms with van der Waals surface area (Å²) in [5.74, 6) is -1.97. The van der Waals surface area contributed by atoms with Gasteiger partial charge in [0.1, 0.15) is 16.4 Å². The van der Waals surface area contributed by atoms with Crippen LogP contribution in [0, 0.1) is 5.82 Å². The van der Waals surface area contributed by atoms with E-state index in [2.05, 4.69) is 10.4 Å². The monoisotopic (exact) mass is 465 g/mol. The van der Waals surface area contributed by atoms with Crippen molar-refractivity contribution in [1.82, 2.24) is 9.78 Å². The molecule has 0 saturated heterocycles. The van der Waals surface area contributed by atoms with E-state index < -0.39 is 23.1 Å². The molecule has 2 aromatic carbocycles. The fourth-order valence-corrected chi connectivity index (χ4v) is 4.45. The highest BCUT2D eigenvalue weighted by Crippen LogP contribution is 2.36. The van der Waals surface area contributed by atoms with Crippen LogP contribution in [0.3, 0.4) is 0 Å². The summed E-state index contributed by atoms with van der Waals surface area (Å²) in [5, 5.41) is 8.85. The van der Waals surface area contributed by atoms with Crippen molar-refractivity contribution < 1.29 is 18.7 Å². The summed E-state index contributed by atoms with van der Waals surface area (Å²) in [7, 11) is 0. The van der Waals surface area contributed by atoms with Crippen LogP contribution < -0.4 is 10.7 Å². The first-order chi connectivity index (χ1) is 15.9. The van der Waals surface area contributed by atoms with Crippen molar-refractivity contribution in [1.29, 1.82) is 0 Å². The van der Waals surface area contributed by atoms with Crippen molar-refractivity contribution >= 4 is 39.1 Å². The van der Waals surface area contributed by atoms with Gasteiger partial charge in [-0.15, -0.1) is 11.3 Å². The number of benzene rings is 2. The van der Waals surface area contributed by atoms with E-state index in [-0.39, 0.29) is 28.3 Å². The van der Waals surface area contributed by atoms with E-state index in [1.54, 1.807) is 19.2 Å². The molecule has 0 spiro atoms. The third-order valence-corrected chi connectivity index (χ3v) is 5.91. The fourth-order valence-electron chi connectivity index (χ4n) is 3.50. The van der Waals surface area contributed by atoms with Gasteiger partial charge in [0.2, 0.25) is 5.43 Å². The van der Waals surface area contributed by atoms with E-state index in [1.807, 2.05) is 30.3 Å². The lowest BCUT2D eigenvalue weighted by atomic mass is 10.0. The van der Waals surface area contributed by atoms with Gasteiger partial charge in [-0.2, -0.15) is 5.10 Å². The molecule has 4 rings (SSSR count). The first-order valence-corrected chi connectivity index (χ1v) is 11.2. The second kappa shape index (κ2) is 9.33. The largest absolute Gasteiger partial charge is 0.462 e. The Morgan fingerprint density at radius 1 is 1.15 bits per heavy atom. The van der Waals surface area contributed by atoms with Crippen LogP contribution in [0.1, 0.15) is 34.7 Å². The Bertz CT molecular complexity index is 1410. The highest BCUT2D eigenvalue weighted by atomic mass is 32.1. The van der Waals surface area contributed by atoms with Crippen LogP contribution >= 0.6 is 11.3 Å². The number of hydrogen-bond donors (Lipinski definition) is 1. The number of carbonyl (C=O) groups is 2. The maximum Gasteiger partial charge on any atom is 0.341 e. The number of aromatic nitrogens is 2. The number of aryl methyl sites for hydroxylation is 1. The number of rotatable bonds is 6. The van der Waals surface area contributed by atoms with E-state index in [0.717, 1.165) is 23.0 Å². The lowest BCUT2D eigenvalue weighted by Crippen LogP contribution is -2.27. The van der Waals surface area contributed by atoms with Crippen molar-refractivity contribution in [3.05, 3.63) is 81.2 Å². The Morgan fingerprint density at radius 2 is 1.91 bits per heavy atom. The van der Waals surface area contributed by atoms with E-state index in [1.165, 1.54) is 16.8 Å². The van der Waals surface area contributed by atoms with Gasteiger partial charge >= 0.3 is 5.97 Å². The number of fused-ring (bicyclic) bond motifs is 1. The van der Waals surface area contributed by atoms with Crippen LogP contribution in [0.2, 0.25) is 0 Å². The van der Waals surface area contributed by atoms with E-state index in [0.29, 0.717) is 17.6 Å². The third kappa shape index (κ3) is 4.27. The lowest BCUT2D eigenvalue weighted by Gasteiger charge is -2.11. The van der Waals surface area contributed by atoms with Gasteiger partial charge in [0.05, 0.1) is 17.5 Å². The van der Waals surface area contributed by atoms with E-state index in [4.69, 9.17) is 4.74 Å². The van der Waals surface area contributed by atoms with Crippen molar-refractivity contribution in [3.8, 4) is 11.1 Å². The maximum atomic E-state index is 13.8. The Morgan fingerprint density at radius 3 is 2.61 bits per heavy atom. The smallest absolute Gasteiger partial charge is 0.341 e. The van der Waals surface area contributed by atoms with Gasteiger partial charge in [-0.1, -0.05) is 30.3 Å². The van der Waals surface area contributed by atoms with Crippen LogP contribution in [-0.2, 0) is 11.3 Å². The normalized spacial score (nSPS) is 10.9. The molecule has 0 aliphatic carbocycles. The summed E-state index contributed by atoms with van der Waals surface area (Å²) < 4.78 is 20.5. The van der Waals surface area contributed by atoms with Crippen LogP contribution in [0.4, 0.5) is 9.39 Å². The number of nitrogens with one attached hydrogen (secondary N) is 1. The molecule has 0 unspecified atom stereocenters. The van der Waals surface area contributed by atoms with Crippen molar-refractivity contribution in [2.75, 3.05) is 11.9 Å². The first-order valence-electron chi connectivity index (χ1n) is 10.3. The summed E-state index contributed by atoms with van der Waals surface area (Å²) in [6, 6.07) is 13.0. The zero-order chi connectivity index (χ0) is 23.5. The minimum Gasteiger partial charge on any atom is -0.462 e. The Hall–Kier alpha value is -3.85. The van der Waals surface area contributed by atoms with Gasteiger partial charge < -0.3 is 10.1 Å². The van der Waals surface area contributed by atoms with Gasteiger partial charge in [0, 0.05) is 17.5 Å². The molecule has 4 aromatic rings. The average Bonchev–Trinajstić information content (AvgIpc) is 3.24. The summed E-state index contributed by atoms with van der Waals surface area (Å²) in [6.07, 6.45) is 0. The van der Waals surface area contributed by atoms with Crippen LogP contribution in [0.25, 0.3) is 22.0 Å². The first kappa shape index (κ1) is 22.3. The number of esters is 1. The highest BCUT2D eigenvalue weighted by molar-refractivity contribution is 7.15. The molecule has 0 aliphatic rings. The Labute approximate surface area is 192 Å². The predicted octanol–water partition coefficient (Wildman–Crippen LogP) is 4.71. The standard InChI is InChI=1S/C24H20FN3O4S/c1-3-28-18-11-10-15(25)12-16(18)21(29)20(27-28)22(30)26-23-19(24(31)32-4-2)17(13-33-23)14-8-6-5-7-9-14/h5-13H,3-4H2,1-2H3,(H,26,30). The number of halogens is 1. The molecule has 0 atom stereocenters. The molecule has 2 aromatic heterocycles. The zero-order valence-corrected chi connectivity index (χ0v) is 18.7. The molecule has 0 aliphatic heterocycles. The molecule has 1 amide bonds. The van der Waals surface area contributed by atoms with Gasteiger partial charge in [-0.05, 0) is 37.6 Å². The number of carbonyl (C=O) groups excluding carboxylic acids is 2. The molecule has 0 fully saturated rings. The summed E-state index contributed by atoms with van der Waals surface area (Å²) in [5.41, 5.74) is 0.932. The molecule has 0 bridgehead atoms. The Kier molecular flexibility index (Phi) is 6.32. The SMILES string of the molecule is CCOC(=O)c1c(-c2ccccc2)csc1NC(=O)c1nn(CC)c2ccc(F)cc2c1=O. The quantitative estimate of drug-likeness (QED) is 0.417. The van der Waals surface area contributed by atoms with Gasteiger partial charge in [-0.3, -0.25) is 14.3 Å². The molecule has 0 radical (unpaired) electrons. The lowest BCUT2D eigenvalue weighted by molar-refractivity contribution is 0.0529. The number of nitrogens with zero attached hydrogens (tertiary/aromatic N) is 2. The maximum absolute atomic E-state index is 13.8.